The summed E-state index contributed by atoms with van der Waals surface area (Å²) < 4.78 is 24.9. The second-order valence-electron chi connectivity index (χ2n) is 20.9. The average molecular weight is 933 g/mol. The standard InChI is InChI=1S/C56H76N4O8/c1-6-7-13-38-29-39(14-11-26-61)44-18-9-24-56(44)43-31-46(52-49(32-43)68-54(36-57-2)34-40(15-12-27-67-52)41(35-54)30-51(64)66-5)60-53(58-3)59-25-10-17-42-16-8-23-55(42,50(63)22-20-45(38)56)33-37-19-21-47(62)48(28-37)65-4/h19-22,28,31-32,38-42,44-45,51,57,61-62,64H,6-9,11,13-18,23-24,26,29-30,33-36H2,1-5H3,(H2,58,59,60). The van der Waals surface area contributed by atoms with E-state index in [0.29, 0.717) is 85.3 Å². The highest BCUT2D eigenvalue weighted by molar-refractivity contribution is 5.97. The van der Waals surface area contributed by atoms with Crippen molar-refractivity contribution in [1.29, 1.82) is 0 Å². The van der Waals surface area contributed by atoms with Crippen LogP contribution in [0.5, 0.6) is 23.0 Å². The van der Waals surface area contributed by atoms with Crippen LogP contribution in [0.2, 0.25) is 0 Å². The van der Waals surface area contributed by atoms with E-state index in [1.807, 2.05) is 25.3 Å². The Labute approximate surface area is 404 Å². The van der Waals surface area contributed by atoms with Crippen LogP contribution in [0.15, 0.2) is 47.5 Å². The van der Waals surface area contributed by atoms with Gasteiger partial charge in [0.1, 0.15) is 11.7 Å². The molecule has 2 aromatic rings. The molecule has 6 aliphatic rings. The number of methoxy groups -OCH3 is 2. The lowest BCUT2D eigenvalue weighted by molar-refractivity contribution is -0.125. The van der Waals surface area contributed by atoms with Crippen molar-refractivity contribution >= 4 is 17.4 Å². The van der Waals surface area contributed by atoms with Crippen molar-refractivity contribution in [2.24, 2.45) is 51.8 Å². The number of aliphatic hydroxyl groups is 2. The number of phenols is 1. The molecule has 0 amide bonds. The third-order valence-electron chi connectivity index (χ3n) is 17.2. The minimum absolute atomic E-state index is 0.0111. The van der Waals surface area contributed by atoms with E-state index in [2.05, 4.69) is 70.1 Å². The van der Waals surface area contributed by atoms with Gasteiger partial charge in [-0.25, -0.2) is 0 Å². The average Bonchev–Trinajstić information content (AvgIpc) is 4.06. The number of ketones is 1. The highest BCUT2D eigenvalue weighted by Gasteiger charge is 2.58. The largest absolute Gasteiger partial charge is 0.504 e. The van der Waals surface area contributed by atoms with Gasteiger partial charge < -0.3 is 44.9 Å². The molecule has 2 aromatic carbocycles. The molecule has 4 aliphatic carbocycles. The molecule has 8 rings (SSSR count). The van der Waals surface area contributed by atoms with Crippen LogP contribution < -0.4 is 30.2 Å². The Bertz CT molecular complexity index is 2290. The summed E-state index contributed by atoms with van der Waals surface area (Å²) in [6.45, 7) is 3.01. The number of guanidine groups is 1. The number of aliphatic hydroxyl groups excluding tert-OH is 2. The van der Waals surface area contributed by atoms with Gasteiger partial charge in [-0.05, 0) is 161 Å². The Balaban J connectivity index is 1.33. The van der Waals surface area contributed by atoms with Crippen LogP contribution in [0.1, 0.15) is 127 Å². The number of anilines is 1. The number of nitrogens with zero attached hydrogens (tertiary/aromatic N) is 1. The first-order valence-electron chi connectivity index (χ1n) is 25.6. The first-order chi connectivity index (χ1) is 33.0. The monoisotopic (exact) mass is 933 g/mol. The van der Waals surface area contributed by atoms with Gasteiger partial charge in [-0.15, -0.1) is 0 Å². The van der Waals surface area contributed by atoms with Gasteiger partial charge in [-0.3, -0.25) is 15.1 Å². The van der Waals surface area contributed by atoms with Gasteiger partial charge in [-0.1, -0.05) is 56.6 Å². The van der Waals surface area contributed by atoms with E-state index in [4.69, 9.17) is 18.9 Å². The zero-order valence-electron chi connectivity index (χ0n) is 41.1. The van der Waals surface area contributed by atoms with Gasteiger partial charge in [-0.2, -0.15) is 0 Å². The number of hydrogen-bond donors (Lipinski definition) is 6. The van der Waals surface area contributed by atoms with E-state index in [1.165, 1.54) is 0 Å². The van der Waals surface area contributed by atoms with Crippen LogP contribution in [0.25, 0.3) is 0 Å². The molecule has 11 unspecified atom stereocenters. The number of fused-ring (bicyclic) bond motifs is 7. The summed E-state index contributed by atoms with van der Waals surface area (Å²) in [6, 6.07) is 13.1. The maximum Gasteiger partial charge on any atom is 0.207 e. The number of benzene rings is 2. The number of rotatable bonds is 14. The molecule has 368 valence electrons. The van der Waals surface area contributed by atoms with Crippen molar-refractivity contribution in [3.8, 4) is 47.0 Å². The van der Waals surface area contributed by atoms with Gasteiger partial charge in [0.15, 0.2) is 29.3 Å². The highest BCUT2D eigenvalue weighted by atomic mass is 16.6. The Morgan fingerprint density at radius 1 is 1.03 bits per heavy atom. The summed E-state index contributed by atoms with van der Waals surface area (Å²) in [6.07, 6.45) is 21.6. The fraction of sp³-hybridized carbons (Fsp3) is 0.643. The van der Waals surface area contributed by atoms with Crippen molar-refractivity contribution in [3.63, 3.8) is 0 Å². The van der Waals surface area contributed by atoms with Crippen molar-refractivity contribution in [3.05, 3.63) is 53.6 Å². The lowest BCUT2D eigenvalue weighted by Gasteiger charge is -2.54. The molecule has 0 saturated heterocycles. The zero-order valence-corrected chi connectivity index (χ0v) is 41.1. The minimum atomic E-state index is -0.883. The van der Waals surface area contributed by atoms with Crippen molar-refractivity contribution in [1.82, 2.24) is 10.6 Å². The van der Waals surface area contributed by atoms with Crippen LogP contribution in [0.4, 0.5) is 5.69 Å². The highest BCUT2D eigenvalue weighted by Crippen LogP contribution is 2.64. The van der Waals surface area contributed by atoms with E-state index in [-0.39, 0.29) is 47.2 Å². The van der Waals surface area contributed by atoms with Crippen LogP contribution >= 0.6 is 0 Å². The van der Waals surface area contributed by atoms with Crippen LogP contribution in [-0.2, 0) is 21.4 Å². The van der Waals surface area contributed by atoms with Crippen molar-refractivity contribution in [2.75, 3.05) is 46.8 Å². The molecule has 0 radical (unpaired) electrons. The number of likely N-dealkylation sites (N-methyl/N-ethyl adjacent to an activating group) is 1. The first-order valence-corrected chi connectivity index (χ1v) is 25.6. The maximum absolute atomic E-state index is 15.5. The number of nitrogens with one attached hydrogen (secondary N) is 3. The molecule has 2 aliphatic heterocycles. The molecule has 12 heteroatoms. The third-order valence-corrected chi connectivity index (χ3v) is 17.2. The Morgan fingerprint density at radius 2 is 1.87 bits per heavy atom. The fourth-order valence-corrected chi connectivity index (χ4v) is 14.2. The van der Waals surface area contributed by atoms with Crippen molar-refractivity contribution < 1.29 is 39.1 Å². The molecule has 12 nitrogen and oxygen atoms in total. The van der Waals surface area contributed by atoms with Crippen molar-refractivity contribution in [2.45, 2.75) is 140 Å². The lowest BCUT2D eigenvalue weighted by Crippen LogP contribution is -2.50. The Hall–Kier alpha value is -4.72. The Kier molecular flexibility index (Phi) is 16.0. The lowest BCUT2D eigenvalue weighted by atomic mass is 9.50. The van der Waals surface area contributed by atoms with Gasteiger partial charge in [0, 0.05) is 63.4 Å². The summed E-state index contributed by atoms with van der Waals surface area (Å²) in [5.41, 5.74) is 1.08. The topological polar surface area (TPSA) is 163 Å². The predicted molar refractivity (Wildman–Crippen MR) is 265 cm³/mol. The number of carbonyl (C=O) groups is 1. The second-order valence-corrected chi connectivity index (χ2v) is 20.9. The molecule has 4 bridgehead atoms. The van der Waals surface area contributed by atoms with Crippen LogP contribution in [-0.4, -0.2) is 80.4 Å². The molecular weight excluding hydrogens is 857 g/mol. The molecule has 6 N–H and O–H groups in total. The van der Waals surface area contributed by atoms with E-state index >= 15 is 4.79 Å². The fourth-order valence-electron chi connectivity index (χ4n) is 14.2. The van der Waals surface area contributed by atoms with E-state index in [1.54, 1.807) is 27.3 Å². The Morgan fingerprint density at radius 3 is 2.65 bits per heavy atom. The summed E-state index contributed by atoms with van der Waals surface area (Å²) >= 11 is 0. The van der Waals surface area contributed by atoms with E-state index in [9.17, 15) is 15.3 Å². The van der Waals surface area contributed by atoms with Gasteiger partial charge in [0.05, 0.1) is 12.8 Å². The smallest absolute Gasteiger partial charge is 0.207 e. The molecule has 4 fully saturated rings. The number of unbranched alkanes of at least 4 members (excludes halogenated alkanes) is 1. The molecule has 11 atom stereocenters. The molecule has 4 saturated carbocycles. The third kappa shape index (κ3) is 9.99. The summed E-state index contributed by atoms with van der Waals surface area (Å²) in [7, 11) is 6.79. The number of allylic oxidation sites excluding steroid dienone is 2. The molecule has 68 heavy (non-hydrogen) atoms. The number of carbonyl (C=O) groups excluding carboxylic acids is 1. The summed E-state index contributed by atoms with van der Waals surface area (Å²) in [5, 5.41) is 41.9. The number of aromatic hydroxyl groups is 1. The molecule has 0 aromatic heterocycles. The quantitative estimate of drug-likeness (QED) is 0.0795. The van der Waals surface area contributed by atoms with Gasteiger partial charge in [0.2, 0.25) is 11.7 Å². The second kappa shape index (κ2) is 21.9. The number of hydrogen-bond acceptors (Lipinski definition) is 10. The minimum Gasteiger partial charge on any atom is -0.504 e. The van der Waals surface area contributed by atoms with E-state index < -0.39 is 17.3 Å². The summed E-state index contributed by atoms with van der Waals surface area (Å²) in [4.78, 5) is 20.2. The number of aliphatic imine (C=N–C) groups is 1. The van der Waals surface area contributed by atoms with Crippen LogP contribution in [0.3, 0.4) is 0 Å². The van der Waals surface area contributed by atoms with Gasteiger partial charge >= 0.3 is 0 Å². The molecule has 2 heterocycles. The van der Waals surface area contributed by atoms with Gasteiger partial charge in [0.25, 0.3) is 0 Å². The van der Waals surface area contributed by atoms with Crippen LogP contribution in [0, 0.1) is 70.8 Å². The molecule has 1 spiro atoms. The summed E-state index contributed by atoms with van der Waals surface area (Å²) in [5.74, 6) is 10.2. The normalized spacial score (nSPS) is 32.8. The maximum atomic E-state index is 15.5. The number of ether oxygens (including phenoxy) is 4. The first kappa shape index (κ1) is 49.7. The SMILES string of the molecule is CCCCC1CC(CCCO)C2CCCC23c2cc(c4c(c2)OC2(CNC)CC(CC#CO4)C(CC(O)OC)C2)NC(=NC)NC#CCC2CCCC2(Cc2ccc(O)c(OC)c2)C(=O)C=CC13. The molecular formula is C56H76N4O8. The number of phenolic OH excluding ortho intramolecular Hbond substituents is 1. The predicted octanol–water partition coefficient (Wildman–Crippen LogP) is 8.62. The zero-order chi connectivity index (χ0) is 47.9. The van der Waals surface area contributed by atoms with E-state index in [0.717, 1.165) is 94.6 Å².